The van der Waals surface area contributed by atoms with E-state index >= 15 is 0 Å². The van der Waals surface area contributed by atoms with Crippen LogP contribution in [0.2, 0.25) is 0 Å². The van der Waals surface area contributed by atoms with Gasteiger partial charge < -0.3 is 4.74 Å². The van der Waals surface area contributed by atoms with Crippen molar-refractivity contribution < 1.29 is 14.3 Å². The van der Waals surface area contributed by atoms with Gasteiger partial charge in [0.2, 0.25) is 0 Å². The minimum Gasteiger partial charge on any atom is -0.465 e. The molecular weight excluding hydrogens is 316 g/mol. The molecule has 1 aliphatic heterocycles. The van der Waals surface area contributed by atoms with Crippen LogP contribution in [0.25, 0.3) is 0 Å². The van der Waals surface area contributed by atoms with Crippen LogP contribution in [0, 0.1) is 0 Å². The van der Waals surface area contributed by atoms with Crippen molar-refractivity contribution in [1.82, 2.24) is 10.4 Å². The van der Waals surface area contributed by atoms with Gasteiger partial charge in [0.25, 0.3) is 5.91 Å². The number of hydrogen-bond acceptors (Lipinski definition) is 4. The van der Waals surface area contributed by atoms with Gasteiger partial charge >= 0.3 is 5.97 Å². The molecule has 25 heavy (non-hydrogen) atoms. The van der Waals surface area contributed by atoms with Crippen LogP contribution in [0.15, 0.2) is 60.7 Å². The minimum absolute atomic E-state index is 0.168. The number of rotatable bonds is 4. The highest BCUT2D eigenvalue weighted by atomic mass is 16.5. The van der Waals surface area contributed by atoms with Gasteiger partial charge in [0.05, 0.1) is 12.1 Å². The van der Waals surface area contributed by atoms with E-state index in [4.69, 9.17) is 4.74 Å². The molecule has 0 aromatic heterocycles. The minimum atomic E-state index is -0.647. The molecule has 1 N–H and O–H groups in total. The van der Waals surface area contributed by atoms with Crippen LogP contribution in [0.4, 0.5) is 0 Å². The fourth-order valence-electron chi connectivity index (χ4n) is 3.25. The largest absolute Gasteiger partial charge is 0.465 e. The van der Waals surface area contributed by atoms with Crippen molar-refractivity contribution in [2.45, 2.75) is 31.8 Å². The lowest BCUT2D eigenvalue weighted by molar-refractivity contribution is -0.145. The van der Waals surface area contributed by atoms with Crippen LogP contribution in [0.3, 0.4) is 0 Å². The van der Waals surface area contributed by atoms with Crippen molar-refractivity contribution >= 4 is 11.9 Å². The lowest BCUT2D eigenvalue weighted by atomic mass is 9.86. The molecule has 1 fully saturated rings. The molecule has 3 rings (SSSR count). The number of carbonyl (C=O) groups is 2. The van der Waals surface area contributed by atoms with Crippen molar-refractivity contribution in [3.63, 3.8) is 0 Å². The summed E-state index contributed by atoms with van der Waals surface area (Å²) < 4.78 is 5.15. The fourth-order valence-corrected chi connectivity index (χ4v) is 3.25. The maximum atomic E-state index is 13.1. The van der Waals surface area contributed by atoms with E-state index in [9.17, 15) is 9.59 Å². The third-order valence-corrected chi connectivity index (χ3v) is 4.57. The molecule has 0 radical (unpaired) electrons. The molecule has 1 aliphatic rings. The second-order valence-electron chi connectivity index (χ2n) is 6.28. The first kappa shape index (κ1) is 17.2. The Morgan fingerprint density at radius 3 is 2.32 bits per heavy atom. The van der Waals surface area contributed by atoms with Crippen LogP contribution < -0.4 is 5.43 Å². The average molecular weight is 338 g/mol. The first-order chi connectivity index (χ1) is 12.1. The highest BCUT2D eigenvalue weighted by Crippen LogP contribution is 2.38. The molecule has 2 aromatic rings. The summed E-state index contributed by atoms with van der Waals surface area (Å²) in [5.41, 5.74) is 3.97. The molecule has 0 saturated carbocycles. The van der Waals surface area contributed by atoms with E-state index in [0.717, 1.165) is 5.56 Å². The lowest BCUT2D eigenvalue weighted by Crippen LogP contribution is -2.49. The smallest absolute Gasteiger partial charge is 0.325 e. The summed E-state index contributed by atoms with van der Waals surface area (Å²) in [5, 5.41) is 1.57. The zero-order chi connectivity index (χ0) is 17.9. The van der Waals surface area contributed by atoms with Gasteiger partial charge in [-0.1, -0.05) is 48.5 Å². The number of ether oxygens (including phenoxy) is 1. The lowest BCUT2D eigenvalue weighted by Gasteiger charge is -2.34. The van der Waals surface area contributed by atoms with Crippen LogP contribution in [-0.2, 0) is 15.1 Å². The molecule has 0 bridgehead atoms. The van der Waals surface area contributed by atoms with Gasteiger partial charge in [-0.3, -0.25) is 14.6 Å². The topological polar surface area (TPSA) is 58.6 Å². The first-order valence-corrected chi connectivity index (χ1v) is 8.44. The Balaban J connectivity index is 1.97. The number of esters is 1. The molecule has 130 valence electrons. The molecule has 5 heteroatoms. The average Bonchev–Trinajstić information content (AvgIpc) is 3.02. The first-order valence-electron chi connectivity index (χ1n) is 8.44. The SMILES string of the molecule is CCOC(=O)C1CC(C)(c2ccccc2)N(C(=O)c2ccccc2)N1. The summed E-state index contributed by atoms with van der Waals surface area (Å²) in [6.07, 6.45) is 0.453. The van der Waals surface area contributed by atoms with E-state index in [-0.39, 0.29) is 11.9 Å². The van der Waals surface area contributed by atoms with E-state index < -0.39 is 11.6 Å². The number of hydrazine groups is 1. The van der Waals surface area contributed by atoms with Gasteiger partial charge in [0.1, 0.15) is 6.04 Å². The van der Waals surface area contributed by atoms with Crippen LogP contribution in [0.5, 0.6) is 0 Å². The number of nitrogens with zero attached hydrogens (tertiary/aromatic N) is 1. The third kappa shape index (κ3) is 3.28. The molecule has 2 atom stereocenters. The van der Waals surface area contributed by atoms with E-state index in [1.54, 1.807) is 24.1 Å². The zero-order valence-corrected chi connectivity index (χ0v) is 14.4. The summed E-state index contributed by atoms with van der Waals surface area (Å²) in [6.45, 7) is 4.05. The van der Waals surface area contributed by atoms with E-state index in [1.165, 1.54) is 0 Å². The van der Waals surface area contributed by atoms with Crippen molar-refractivity contribution in [3.05, 3.63) is 71.8 Å². The summed E-state index contributed by atoms with van der Waals surface area (Å²) >= 11 is 0. The molecule has 1 saturated heterocycles. The Hall–Kier alpha value is -2.66. The third-order valence-electron chi connectivity index (χ3n) is 4.57. The van der Waals surface area contributed by atoms with Gasteiger partial charge in [-0.05, 0) is 31.5 Å². The van der Waals surface area contributed by atoms with E-state index in [0.29, 0.717) is 18.6 Å². The monoisotopic (exact) mass is 338 g/mol. The molecular formula is C20H22N2O3. The van der Waals surface area contributed by atoms with Gasteiger partial charge in [0.15, 0.2) is 0 Å². The summed E-state index contributed by atoms with van der Waals surface area (Å²) in [7, 11) is 0. The number of benzene rings is 2. The number of hydrogen-bond donors (Lipinski definition) is 1. The summed E-state index contributed by atoms with van der Waals surface area (Å²) in [5.74, 6) is -0.508. The Kier molecular flexibility index (Phi) is 4.86. The highest BCUT2D eigenvalue weighted by Gasteiger charge is 2.48. The maximum absolute atomic E-state index is 13.1. The van der Waals surface area contributed by atoms with Crippen molar-refractivity contribution in [1.29, 1.82) is 0 Å². The maximum Gasteiger partial charge on any atom is 0.325 e. The fraction of sp³-hybridized carbons (Fsp3) is 0.300. The number of carbonyl (C=O) groups excluding carboxylic acids is 2. The van der Waals surface area contributed by atoms with Gasteiger partial charge in [0, 0.05) is 12.0 Å². The predicted octanol–water partition coefficient (Wildman–Crippen LogP) is 2.88. The van der Waals surface area contributed by atoms with Crippen molar-refractivity contribution in [2.24, 2.45) is 0 Å². The van der Waals surface area contributed by atoms with E-state index in [2.05, 4.69) is 5.43 Å². The summed E-state index contributed by atoms with van der Waals surface area (Å²) in [4.78, 5) is 25.3. The molecule has 0 aliphatic carbocycles. The van der Waals surface area contributed by atoms with Crippen LogP contribution >= 0.6 is 0 Å². The van der Waals surface area contributed by atoms with Crippen LogP contribution in [-0.4, -0.2) is 29.5 Å². The molecule has 1 amide bonds. The molecule has 2 aromatic carbocycles. The standard InChI is InChI=1S/C20H22N2O3/c1-3-25-19(24)17-14-20(2,16-12-8-5-9-13-16)22(21-17)18(23)15-10-6-4-7-11-15/h4-13,17,21H,3,14H2,1-2H3. The van der Waals surface area contributed by atoms with Gasteiger partial charge in [-0.25, -0.2) is 5.43 Å². The summed E-state index contributed by atoms with van der Waals surface area (Å²) in [6, 6.07) is 18.2. The molecule has 2 unspecified atom stereocenters. The molecule has 0 spiro atoms. The normalized spacial score (nSPS) is 22.6. The van der Waals surface area contributed by atoms with Gasteiger partial charge in [-0.2, -0.15) is 0 Å². The number of nitrogens with one attached hydrogen (secondary N) is 1. The van der Waals surface area contributed by atoms with Gasteiger partial charge in [-0.15, -0.1) is 0 Å². The Morgan fingerprint density at radius 1 is 1.12 bits per heavy atom. The Bertz CT molecular complexity index is 748. The molecule has 5 nitrogen and oxygen atoms in total. The highest BCUT2D eigenvalue weighted by molar-refractivity contribution is 5.95. The Morgan fingerprint density at radius 2 is 1.72 bits per heavy atom. The van der Waals surface area contributed by atoms with Crippen LogP contribution in [0.1, 0.15) is 36.2 Å². The Labute approximate surface area is 147 Å². The quantitative estimate of drug-likeness (QED) is 0.871. The second kappa shape index (κ2) is 7.07. The second-order valence-corrected chi connectivity index (χ2v) is 6.28. The zero-order valence-electron chi connectivity index (χ0n) is 14.4. The van der Waals surface area contributed by atoms with E-state index in [1.807, 2.05) is 55.5 Å². The number of amides is 1. The van der Waals surface area contributed by atoms with Crippen molar-refractivity contribution in [3.8, 4) is 0 Å². The predicted molar refractivity (Wildman–Crippen MR) is 94.6 cm³/mol. The van der Waals surface area contributed by atoms with Crippen molar-refractivity contribution in [2.75, 3.05) is 6.61 Å². The molecule has 1 heterocycles.